The van der Waals surface area contributed by atoms with Gasteiger partial charge in [0, 0.05) is 0 Å². The molecule has 0 N–H and O–H groups in total. The second-order valence-corrected chi connectivity index (χ2v) is 7.81. The van der Waals surface area contributed by atoms with Crippen molar-refractivity contribution in [2.24, 2.45) is 10.2 Å². The lowest BCUT2D eigenvalue weighted by Gasteiger charge is -2.17. The van der Waals surface area contributed by atoms with E-state index in [0.717, 1.165) is 30.4 Å². The van der Waals surface area contributed by atoms with Crippen LogP contribution in [0.25, 0.3) is 0 Å². The molecule has 0 aromatic heterocycles. The van der Waals surface area contributed by atoms with Crippen molar-refractivity contribution < 1.29 is 4.79 Å². The minimum atomic E-state index is -0.0559. The van der Waals surface area contributed by atoms with Crippen molar-refractivity contribution in [2.45, 2.75) is 44.9 Å². The Labute approximate surface area is 165 Å². The number of aryl methyl sites for hydroxylation is 1. The molecule has 1 atom stereocenters. The molecular weight excluding hydrogens is 354 g/mol. The molecule has 1 saturated heterocycles. The fourth-order valence-electron chi connectivity index (χ4n) is 2.95. The molecule has 140 valence electrons. The van der Waals surface area contributed by atoms with Gasteiger partial charge in [0.25, 0.3) is 0 Å². The maximum absolute atomic E-state index is 12.9. The number of amidine groups is 1. The first-order valence-electron chi connectivity index (χ1n) is 9.37. The van der Waals surface area contributed by atoms with Crippen LogP contribution in [0.15, 0.2) is 64.8 Å². The molecule has 1 aliphatic heterocycles. The summed E-state index contributed by atoms with van der Waals surface area (Å²) in [5, 5.41) is 9.26. The van der Waals surface area contributed by atoms with E-state index in [9.17, 15) is 4.79 Å². The van der Waals surface area contributed by atoms with Crippen molar-refractivity contribution in [3.8, 4) is 0 Å². The number of carbonyl (C=O) groups excluding carboxylic acids is 1. The van der Waals surface area contributed by atoms with Crippen LogP contribution >= 0.6 is 11.8 Å². The molecule has 0 saturated carbocycles. The largest absolute Gasteiger partial charge is 0.284 e. The number of amides is 1. The van der Waals surface area contributed by atoms with E-state index in [-0.39, 0.29) is 11.2 Å². The summed E-state index contributed by atoms with van der Waals surface area (Å²) in [6, 6.07) is 18.0. The van der Waals surface area contributed by atoms with E-state index >= 15 is 0 Å². The molecule has 5 heteroatoms. The Kier molecular flexibility index (Phi) is 6.82. The number of rotatable bonds is 7. The van der Waals surface area contributed by atoms with Gasteiger partial charge >= 0.3 is 0 Å². The zero-order chi connectivity index (χ0) is 19.1. The van der Waals surface area contributed by atoms with Gasteiger partial charge in [0.2, 0.25) is 5.91 Å². The molecule has 2 aromatic rings. The summed E-state index contributed by atoms with van der Waals surface area (Å²) in [5.41, 5.74) is 3.31. The summed E-state index contributed by atoms with van der Waals surface area (Å²) in [6.45, 7) is 4.76. The molecule has 0 unspecified atom stereocenters. The number of unbranched alkanes of at least 4 members (excludes halogenated alkanes) is 1. The molecule has 0 aliphatic carbocycles. The van der Waals surface area contributed by atoms with Crippen molar-refractivity contribution in [3.05, 3.63) is 71.3 Å². The van der Waals surface area contributed by atoms with E-state index in [1.54, 1.807) is 11.1 Å². The van der Waals surface area contributed by atoms with Crippen LogP contribution in [0, 0.1) is 6.92 Å². The quantitative estimate of drug-likeness (QED) is 0.501. The van der Waals surface area contributed by atoms with E-state index in [0.29, 0.717) is 11.7 Å². The van der Waals surface area contributed by atoms with Gasteiger partial charge in [0.15, 0.2) is 5.17 Å². The van der Waals surface area contributed by atoms with Crippen LogP contribution in [0.5, 0.6) is 0 Å². The van der Waals surface area contributed by atoms with Crippen LogP contribution in [-0.4, -0.2) is 27.4 Å². The molecule has 0 spiro atoms. The highest BCUT2D eigenvalue weighted by Crippen LogP contribution is 2.32. The van der Waals surface area contributed by atoms with Gasteiger partial charge in [-0.05, 0) is 30.0 Å². The Morgan fingerprint density at radius 2 is 1.85 bits per heavy atom. The van der Waals surface area contributed by atoms with Crippen molar-refractivity contribution in [1.29, 1.82) is 0 Å². The topological polar surface area (TPSA) is 45.0 Å². The molecule has 1 amide bonds. The molecule has 4 nitrogen and oxygen atoms in total. The summed E-state index contributed by atoms with van der Waals surface area (Å²) in [5.74, 6) is 0.144. The first kappa shape index (κ1) is 19.4. The zero-order valence-corrected chi connectivity index (χ0v) is 16.7. The lowest BCUT2D eigenvalue weighted by Crippen LogP contribution is -2.31. The van der Waals surface area contributed by atoms with Gasteiger partial charge in [0.05, 0.1) is 18.0 Å². The average Bonchev–Trinajstić information content (AvgIpc) is 2.98. The van der Waals surface area contributed by atoms with E-state index in [1.807, 2.05) is 42.5 Å². The number of nitrogens with zero attached hydrogens (tertiary/aromatic N) is 3. The predicted octanol–water partition coefficient (Wildman–Crippen LogP) is 5.02. The van der Waals surface area contributed by atoms with Gasteiger partial charge in [-0.3, -0.25) is 9.69 Å². The second kappa shape index (κ2) is 9.51. The van der Waals surface area contributed by atoms with Gasteiger partial charge in [0.1, 0.15) is 0 Å². The number of hydrogen-bond acceptors (Lipinski definition) is 4. The maximum atomic E-state index is 12.9. The van der Waals surface area contributed by atoms with E-state index in [2.05, 4.69) is 36.2 Å². The van der Waals surface area contributed by atoms with Crippen molar-refractivity contribution in [2.75, 3.05) is 0 Å². The summed E-state index contributed by atoms with van der Waals surface area (Å²) in [6.07, 6.45) is 4.73. The van der Waals surface area contributed by atoms with Crippen LogP contribution in [0.3, 0.4) is 0 Å². The normalized spacial score (nSPS) is 18.7. The summed E-state index contributed by atoms with van der Waals surface area (Å²) >= 11 is 1.54. The van der Waals surface area contributed by atoms with E-state index in [1.165, 1.54) is 17.3 Å². The van der Waals surface area contributed by atoms with E-state index < -0.39 is 0 Å². The first-order valence-corrected chi connectivity index (χ1v) is 10.3. The van der Waals surface area contributed by atoms with Crippen LogP contribution < -0.4 is 0 Å². The number of thioether (sulfide) groups is 1. The number of carbonyl (C=O) groups is 1. The minimum Gasteiger partial charge on any atom is -0.284 e. The van der Waals surface area contributed by atoms with Crippen LogP contribution in [0.1, 0.15) is 42.9 Å². The Balaban J connectivity index is 1.81. The van der Waals surface area contributed by atoms with Gasteiger partial charge < -0.3 is 0 Å². The molecule has 0 radical (unpaired) electrons. The van der Waals surface area contributed by atoms with Crippen molar-refractivity contribution in [3.63, 3.8) is 0 Å². The highest BCUT2D eigenvalue weighted by Gasteiger charge is 2.37. The van der Waals surface area contributed by atoms with Gasteiger partial charge in [-0.25, -0.2) is 0 Å². The van der Waals surface area contributed by atoms with E-state index in [4.69, 9.17) is 0 Å². The van der Waals surface area contributed by atoms with Gasteiger partial charge in [-0.1, -0.05) is 86.1 Å². The standard InChI is InChI=1S/C22H25N3OS/c1-3-4-14-20-21(26)25(16-19-13-9-8-10-17(19)2)22(27-20)24-23-15-18-11-6-5-7-12-18/h5-13,15,20H,3-4,14,16H2,1-2H3/b23-15-,24-22-/t20-/m1/s1. The number of benzene rings is 2. The molecule has 3 rings (SSSR count). The molecular formula is C22H25N3OS. The molecule has 1 aliphatic rings. The molecule has 27 heavy (non-hydrogen) atoms. The van der Waals surface area contributed by atoms with Crippen molar-refractivity contribution in [1.82, 2.24) is 4.90 Å². The molecule has 2 aromatic carbocycles. The third-order valence-electron chi connectivity index (χ3n) is 4.58. The molecule has 1 heterocycles. The fourth-order valence-corrected chi connectivity index (χ4v) is 4.09. The summed E-state index contributed by atoms with van der Waals surface area (Å²) in [7, 11) is 0. The smallest absolute Gasteiger partial charge is 0.242 e. The second-order valence-electron chi connectivity index (χ2n) is 6.64. The van der Waals surface area contributed by atoms with Crippen LogP contribution in [-0.2, 0) is 11.3 Å². The Morgan fingerprint density at radius 3 is 2.59 bits per heavy atom. The zero-order valence-electron chi connectivity index (χ0n) is 15.8. The van der Waals surface area contributed by atoms with Gasteiger partial charge in [-0.2, -0.15) is 5.10 Å². The highest BCUT2D eigenvalue weighted by atomic mass is 32.2. The first-order chi connectivity index (χ1) is 13.2. The molecule has 0 bridgehead atoms. The minimum absolute atomic E-state index is 0.0559. The Hall–Kier alpha value is -2.40. The highest BCUT2D eigenvalue weighted by molar-refractivity contribution is 8.15. The predicted molar refractivity (Wildman–Crippen MR) is 114 cm³/mol. The summed E-state index contributed by atoms with van der Waals surface area (Å²) < 4.78 is 0. The lowest BCUT2D eigenvalue weighted by atomic mass is 10.1. The lowest BCUT2D eigenvalue weighted by molar-refractivity contribution is -0.126. The van der Waals surface area contributed by atoms with Crippen molar-refractivity contribution >= 4 is 29.1 Å². The summed E-state index contributed by atoms with van der Waals surface area (Å²) in [4.78, 5) is 14.7. The third-order valence-corrected chi connectivity index (χ3v) is 5.81. The van der Waals surface area contributed by atoms with Gasteiger partial charge in [-0.15, -0.1) is 5.10 Å². The fraction of sp³-hybridized carbons (Fsp3) is 0.318. The van der Waals surface area contributed by atoms with Crippen LogP contribution in [0.2, 0.25) is 0 Å². The Bertz CT molecular complexity index is 832. The Morgan fingerprint density at radius 1 is 1.11 bits per heavy atom. The maximum Gasteiger partial charge on any atom is 0.242 e. The monoisotopic (exact) mass is 379 g/mol. The number of hydrogen-bond donors (Lipinski definition) is 0. The van der Waals surface area contributed by atoms with Crippen LogP contribution in [0.4, 0.5) is 0 Å². The third kappa shape index (κ3) is 5.07. The molecule has 1 fully saturated rings. The average molecular weight is 380 g/mol. The SMILES string of the molecule is CCCC[C@H]1S/C(=N\N=C/c2ccccc2)N(Cc2ccccc2C)C1=O.